The number of carbonyl (C=O) groups is 1. The Kier molecular flexibility index (Phi) is 4.24. The minimum Gasteiger partial charge on any atom is -0.478 e. The molecule has 0 amide bonds. The van der Waals surface area contributed by atoms with Crippen molar-refractivity contribution < 1.29 is 9.90 Å². The van der Waals surface area contributed by atoms with Crippen LogP contribution in [0, 0.1) is 0 Å². The molecule has 26 heavy (non-hydrogen) atoms. The molecule has 0 radical (unpaired) electrons. The zero-order valence-corrected chi connectivity index (χ0v) is 14.2. The summed E-state index contributed by atoms with van der Waals surface area (Å²) in [4.78, 5) is 37.2. The average molecular weight is 353 g/mol. The van der Waals surface area contributed by atoms with Gasteiger partial charge in [0.1, 0.15) is 5.82 Å². The highest BCUT2D eigenvalue weighted by Gasteiger charge is 2.24. The first-order valence-electron chi connectivity index (χ1n) is 8.75. The van der Waals surface area contributed by atoms with E-state index in [1.54, 1.807) is 23.0 Å². The number of hydrogen-bond acceptors (Lipinski definition) is 5. The maximum Gasteiger partial charge on any atom is 0.337 e. The molecule has 0 aliphatic heterocycles. The van der Waals surface area contributed by atoms with Gasteiger partial charge < -0.3 is 5.11 Å². The molecule has 3 aromatic heterocycles. The molecule has 0 unspecified atom stereocenters. The fourth-order valence-electron chi connectivity index (χ4n) is 3.65. The van der Waals surface area contributed by atoms with Crippen molar-refractivity contribution in [2.24, 2.45) is 0 Å². The molecular weight excluding hydrogens is 334 g/mol. The summed E-state index contributed by atoms with van der Waals surface area (Å²) < 4.78 is 3.25. The van der Waals surface area contributed by atoms with Crippen molar-refractivity contribution in [3.05, 3.63) is 52.6 Å². The summed E-state index contributed by atoms with van der Waals surface area (Å²) in [6.45, 7) is 0.181. The first-order valence-corrected chi connectivity index (χ1v) is 8.75. The Balaban J connectivity index is 1.90. The summed E-state index contributed by atoms with van der Waals surface area (Å²) in [5.74, 6) is -0.571. The standard InChI is InChI=1S/C18H19N5O3/c24-17(25)12-9-14-16(21-10-12)23(13-5-2-1-3-6-13)18(26)22(14)11-15-19-7-4-8-20-15/h4,7-10,13H,1-3,5-6,11H2,(H,24,25). The van der Waals surface area contributed by atoms with Gasteiger partial charge in [-0.3, -0.25) is 9.13 Å². The van der Waals surface area contributed by atoms with Gasteiger partial charge in [0.05, 0.1) is 17.6 Å². The largest absolute Gasteiger partial charge is 0.478 e. The molecule has 1 fully saturated rings. The van der Waals surface area contributed by atoms with Crippen LogP contribution in [0.1, 0.15) is 54.3 Å². The van der Waals surface area contributed by atoms with Crippen molar-refractivity contribution in [2.75, 3.05) is 0 Å². The van der Waals surface area contributed by atoms with E-state index >= 15 is 0 Å². The van der Waals surface area contributed by atoms with Crippen LogP contribution in [0.2, 0.25) is 0 Å². The Morgan fingerprint density at radius 1 is 1.15 bits per heavy atom. The lowest BCUT2D eigenvalue weighted by Gasteiger charge is -2.22. The van der Waals surface area contributed by atoms with Crippen LogP contribution >= 0.6 is 0 Å². The molecule has 1 N–H and O–H groups in total. The molecule has 3 heterocycles. The summed E-state index contributed by atoms with van der Waals surface area (Å²) in [5.41, 5.74) is 0.908. The Bertz CT molecular complexity index is 1000. The number of hydrogen-bond donors (Lipinski definition) is 1. The van der Waals surface area contributed by atoms with E-state index < -0.39 is 5.97 Å². The van der Waals surface area contributed by atoms with Gasteiger partial charge in [-0.25, -0.2) is 24.5 Å². The fourth-order valence-corrected chi connectivity index (χ4v) is 3.65. The molecule has 3 aromatic rings. The summed E-state index contributed by atoms with van der Waals surface area (Å²) in [7, 11) is 0. The number of pyridine rings is 1. The second kappa shape index (κ2) is 6.70. The minimum atomic E-state index is -1.07. The van der Waals surface area contributed by atoms with E-state index in [2.05, 4.69) is 15.0 Å². The number of rotatable bonds is 4. The van der Waals surface area contributed by atoms with Crippen molar-refractivity contribution in [2.45, 2.75) is 44.7 Å². The van der Waals surface area contributed by atoms with Crippen LogP contribution < -0.4 is 5.69 Å². The second-order valence-corrected chi connectivity index (χ2v) is 6.57. The van der Waals surface area contributed by atoms with E-state index in [4.69, 9.17) is 0 Å². The zero-order valence-electron chi connectivity index (χ0n) is 14.2. The maximum absolute atomic E-state index is 13.2. The number of aromatic nitrogens is 5. The topological polar surface area (TPSA) is 103 Å². The summed E-state index contributed by atoms with van der Waals surface area (Å²) >= 11 is 0. The monoisotopic (exact) mass is 353 g/mol. The molecule has 0 atom stereocenters. The molecule has 0 saturated heterocycles. The number of carboxylic acid groups (broad SMARTS) is 1. The zero-order chi connectivity index (χ0) is 18.1. The smallest absolute Gasteiger partial charge is 0.337 e. The van der Waals surface area contributed by atoms with E-state index in [0.29, 0.717) is 17.0 Å². The molecule has 4 rings (SSSR count). The van der Waals surface area contributed by atoms with E-state index in [-0.39, 0.29) is 23.8 Å². The van der Waals surface area contributed by atoms with Crippen molar-refractivity contribution in [1.82, 2.24) is 24.1 Å². The number of carboxylic acids is 1. The van der Waals surface area contributed by atoms with Gasteiger partial charge in [0.15, 0.2) is 5.65 Å². The lowest BCUT2D eigenvalue weighted by Crippen LogP contribution is -2.29. The quantitative estimate of drug-likeness (QED) is 0.771. The normalized spacial score (nSPS) is 15.4. The molecule has 0 bridgehead atoms. The summed E-state index contributed by atoms with van der Waals surface area (Å²) in [6.07, 6.45) is 9.76. The predicted octanol–water partition coefficient (Wildman–Crippen LogP) is 2.24. The van der Waals surface area contributed by atoms with E-state index in [0.717, 1.165) is 25.7 Å². The third-order valence-corrected chi connectivity index (χ3v) is 4.91. The maximum atomic E-state index is 13.2. The number of fused-ring (bicyclic) bond motifs is 1. The van der Waals surface area contributed by atoms with Gasteiger partial charge in [0.2, 0.25) is 0 Å². The highest BCUT2D eigenvalue weighted by atomic mass is 16.4. The highest BCUT2D eigenvalue weighted by molar-refractivity contribution is 5.91. The molecule has 1 aliphatic rings. The van der Waals surface area contributed by atoms with Gasteiger partial charge in [-0.2, -0.15) is 0 Å². The predicted molar refractivity (Wildman–Crippen MR) is 94.2 cm³/mol. The van der Waals surface area contributed by atoms with Crippen molar-refractivity contribution in [3.8, 4) is 0 Å². The van der Waals surface area contributed by atoms with Gasteiger partial charge >= 0.3 is 11.7 Å². The Hall–Kier alpha value is -3.03. The van der Waals surface area contributed by atoms with Gasteiger partial charge in [-0.1, -0.05) is 19.3 Å². The van der Waals surface area contributed by atoms with Crippen LogP contribution in [0.4, 0.5) is 0 Å². The van der Waals surface area contributed by atoms with E-state index in [9.17, 15) is 14.7 Å². The van der Waals surface area contributed by atoms with Crippen LogP contribution in [0.15, 0.2) is 35.5 Å². The second-order valence-electron chi connectivity index (χ2n) is 6.57. The molecule has 1 saturated carbocycles. The highest BCUT2D eigenvalue weighted by Crippen LogP contribution is 2.29. The number of nitrogens with zero attached hydrogens (tertiary/aromatic N) is 5. The van der Waals surface area contributed by atoms with Crippen molar-refractivity contribution in [3.63, 3.8) is 0 Å². The van der Waals surface area contributed by atoms with Crippen LogP contribution in [0.3, 0.4) is 0 Å². The van der Waals surface area contributed by atoms with Crippen LogP contribution in [0.5, 0.6) is 0 Å². The number of imidazole rings is 1. The third kappa shape index (κ3) is 2.87. The van der Waals surface area contributed by atoms with E-state index in [1.807, 2.05) is 0 Å². The molecule has 134 valence electrons. The summed E-state index contributed by atoms with van der Waals surface area (Å²) in [6, 6.07) is 3.32. The molecule has 0 spiro atoms. The Morgan fingerprint density at radius 3 is 2.58 bits per heavy atom. The molecule has 1 aliphatic carbocycles. The lowest BCUT2D eigenvalue weighted by molar-refractivity contribution is 0.0696. The van der Waals surface area contributed by atoms with Crippen molar-refractivity contribution in [1.29, 1.82) is 0 Å². The SMILES string of the molecule is O=C(O)c1cnc2c(c1)n(Cc1ncccn1)c(=O)n2C1CCCCC1. The Morgan fingerprint density at radius 2 is 1.88 bits per heavy atom. The molecule has 8 nitrogen and oxygen atoms in total. The fraction of sp³-hybridized carbons (Fsp3) is 0.389. The van der Waals surface area contributed by atoms with Gasteiger partial charge in [0, 0.05) is 24.6 Å². The van der Waals surface area contributed by atoms with E-state index in [1.165, 1.54) is 23.3 Å². The molecule has 0 aromatic carbocycles. The van der Waals surface area contributed by atoms with Gasteiger partial charge in [0.25, 0.3) is 0 Å². The first-order chi connectivity index (χ1) is 12.6. The number of aromatic carboxylic acids is 1. The molecular formula is C18H19N5O3. The molecule has 8 heteroatoms. The third-order valence-electron chi connectivity index (χ3n) is 4.91. The van der Waals surface area contributed by atoms with Crippen LogP contribution in [0.25, 0.3) is 11.2 Å². The minimum absolute atomic E-state index is 0.0565. The average Bonchev–Trinajstić information content (AvgIpc) is 2.94. The van der Waals surface area contributed by atoms with Crippen LogP contribution in [-0.2, 0) is 6.54 Å². The first kappa shape index (κ1) is 16.4. The summed E-state index contributed by atoms with van der Waals surface area (Å²) in [5, 5.41) is 9.29. The van der Waals surface area contributed by atoms with Gasteiger partial charge in [-0.15, -0.1) is 0 Å². The lowest BCUT2D eigenvalue weighted by atomic mass is 9.95. The van der Waals surface area contributed by atoms with Crippen LogP contribution in [-0.4, -0.2) is 35.2 Å². The van der Waals surface area contributed by atoms with Crippen molar-refractivity contribution >= 4 is 17.1 Å². The van der Waals surface area contributed by atoms with Gasteiger partial charge in [-0.05, 0) is 25.0 Å². The Labute approximate surface area is 149 Å².